The standard InChI is InChI=1S/C43H59N13O11S2/c44-33(58)20-30-40(65)55-31(42(67)56-16-5-9-32(56)41(66)53-27(8-4-15-48-43(46)47)37(62)49-21-34(45)59)23-69-68-17-14-35(60)51-29(19-25-10-12-26(57)13-11-25)39(64)54-28(18-24-6-2-1-3-7-24)38(63)50-22-36(61)52-30/h1-3,6-7,10-13,27-32,57H,4-5,8-9,14-23H2,(H2,44,58)(H2,45,59)(H,49,62)(H,50,63)(H,51,60)(H,52,61)(H,53,66)(H,54,64)(H,55,65)(H4,46,47,48)/t27-,28+,29-,30+,31+,32+/m0/s1. The smallest absolute Gasteiger partial charge is 0.246 e. The molecule has 16 N–H and O–H groups in total. The summed E-state index contributed by atoms with van der Waals surface area (Å²) in [6.45, 7) is -1.05. The summed E-state index contributed by atoms with van der Waals surface area (Å²) >= 11 is 0. The molecule has 2 aromatic carbocycles. The number of primary amides is 2. The minimum atomic E-state index is -1.63. The van der Waals surface area contributed by atoms with Crippen molar-refractivity contribution in [2.24, 2.45) is 27.9 Å². The van der Waals surface area contributed by atoms with Crippen LogP contribution in [0.1, 0.15) is 49.7 Å². The number of carbonyl (C=O) groups excluding carboxylic acids is 10. The Morgan fingerprint density at radius 2 is 1.43 bits per heavy atom. The van der Waals surface area contributed by atoms with Gasteiger partial charge in [0.25, 0.3) is 0 Å². The lowest BCUT2D eigenvalue weighted by Gasteiger charge is -2.30. The summed E-state index contributed by atoms with van der Waals surface area (Å²) in [5.74, 6) is -8.13. The van der Waals surface area contributed by atoms with Gasteiger partial charge in [0.2, 0.25) is 59.1 Å². The number of nitrogens with one attached hydrogen (secondary N) is 7. The Kier molecular flexibility index (Phi) is 21.9. The molecule has 0 aliphatic carbocycles. The lowest BCUT2D eigenvalue weighted by Crippen LogP contribution is -2.59. The van der Waals surface area contributed by atoms with Gasteiger partial charge in [-0.3, -0.25) is 52.9 Å². The van der Waals surface area contributed by atoms with E-state index in [0.717, 1.165) is 21.6 Å². The van der Waals surface area contributed by atoms with Crippen molar-refractivity contribution in [1.29, 1.82) is 0 Å². The molecule has 2 saturated heterocycles. The van der Waals surface area contributed by atoms with Crippen LogP contribution in [0.2, 0.25) is 0 Å². The molecular formula is C43H59N13O11S2. The maximum absolute atomic E-state index is 14.4. The van der Waals surface area contributed by atoms with Gasteiger partial charge in [-0.05, 0) is 48.9 Å². The van der Waals surface area contributed by atoms with E-state index in [-0.39, 0.29) is 74.8 Å². The van der Waals surface area contributed by atoms with E-state index in [1.807, 2.05) is 0 Å². The van der Waals surface area contributed by atoms with Gasteiger partial charge in [0.05, 0.1) is 19.5 Å². The molecule has 2 heterocycles. The number of likely N-dealkylation sites (tertiary alicyclic amines) is 1. The highest BCUT2D eigenvalue weighted by molar-refractivity contribution is 8.76. The van der Waals surface area contributed by atoms with Crippen LogP contribution in [0.5, 0.6) is 5.75 Å². The van der Waals surface area contributed by atoms with E-state index in [0.29, 0.717) is 17.5 Å². The molecule has 0 saturated carbocycles. The number of nitrogens with zero attached hydrogens (tertiary/aromatic N) is 2. The zero-order valence-electron chi connectivity index (χ0n) is 37.6. The molecule has 0 spiro atoms. The lowest BCUT2D eigenvalue weighted by molar-refractivity contribution is -0.142. The summed E-state index contributed by atoms with van der Waals surface area (Å²) in [6.07, 6.45) is -0.0712. The highest BCUT2D eigenvalue weighted by atomic mass is 33.1. The van der Waals surface area contributed by atoms with Crippen LogP contribution in [0.15, 0.2) is 59.6 Å². The Morgan fingerprint density at radius 1 is 0.783 bits per heavy atom. The topological polar surface area (TPSA) is 395 Å². The van der Waals surface area contributed by atoms with Crippen LogP contribution in [0.3, 0.4) is 0 Å². The van der Waals surface area contributed by atoms with Crippen molar-refractivity contribution >= 4 is 86.6 Å². The monoisotopic (exact) mass is 997 g/mol. The van der Waals surface area contributed by atoms with Gasteiger partial charge in [0.1, 0.15) is 42.0 Å². The van der Waals surface area contributed by atoms with E-state index < -0.39 is 115 Å². The second-order valence-corrected chi connectivity index (χ2v) is 18.7. The number of rotatable bonds is 16. The summed E-state index contributed by atoms with van der Waals surface area (Å²) < 4.78 is 0. The molecule has 4 rings (SSSR count). The number of phenolic OH excluding ortho intramolecular Hbond substituents is 1. The fourth-order valence-corrected chi connectivity index (χ4v) is 9.36. The highest BCUT2D eigenvalue weighted by Gasteiger charge is 2.40. The van der Waals surface area contributed by atoms with Crippen LogP contribution in [0, 0.1) is 0 Å². The average Bonchev–Trinajstić information content (AvgIpc) is 3.80. The largest absolute Gasteiger partial charge is 0.508 e. The summed E-state index contributed by atoms with van der Waals surface area (Å²) in [5, 5.41) is 27.7. The number of nitrogens with two attached hydrogens (primary N) is 4. The molecule has 6 atom stereocenters. The van der Waals surface area contributed by atoms with E-state index in [1.54, 1.807) is 42.5 Å². The number of phenols is 1. The molecule has 0 radical (unpaired) electrons. The highest BCUT2D eigenvalue weighted by Crippen LogP contribution is 2.26. The molecule has 374 valence electrons. The Morgan fingerprint density at radius 3 is 2.10 bits per heavy atom. The summed E-state index contributed by atoms with van der Waals surface area (Å²) in [4.78, 5) is 138. The summed E-state index contributed by atoms with van der Waals surface area (Å²) in [7, 11) is 2.25. The fraction of sp³-hybridized carbons (Fsp3) is 0.465. The normalized spacial score (nSPS) is 21.4. The molecule has 2 aromatic rings. The van der Waals surface area contributed by atoms with Gasteiger partial charge in [-0.1, -0.05) is 64.1 Å². The third-order valence-electron chi connectivity index (χ3n) is 10.6. The van der Waals surface area contributed by atoms with Crippen molar-refractivity contribution in [3.63, 3.8) is 0 Å². The van der Waals surface area contributed by atoms with Gasteiger partial charge >= 0.3 is 0 Å². The Hall–Kier alpha value is -7.09. The van der Waals surface area contributed by atoms with E-state index in [1.165, 1.54) is 17.0 Å². The molecule has 24 nitrogen and oxygen atoms in total. The lowest BCUT2D eigenvalue weighted by atomic mass is 10.0. The average molecular weight is 998 g/mol. The molecule has 0 unspecified atom stereocenters. The van der Waals surface area contributed by atoms with Crippen LogP contribution >= 0.6 is 21.6 Å². The van der Waals surface area contributed by atoms with Gasteiger partial charge in [0, 0.05) is 43.9 Å². The second kappa shape index (κ2) is 27.7. The SMILES string of the molecule is NC(=O)CNC(=O)[C@H](CCCN=C(N)N)NC(=O)[C@H]1CCCN1C(=O)[C@H]1CSSCCC(=O)N[C@@H](Cc2ccc(O)cc2)C(=O)N[C@H](Cc2ccccc2)C(=O)NCC(=O)N[C@H](CC(N)=O)C(=O)N1. The number of hydrogen-bond donors (Lipinski definition) is 12. The Balaban J connectivity index is 1.59. The first-order valence-electron chi connectivity index (χ1n) is 21.9. The first kappa shape index (κ1) is 54.5. The first-order chi connectivity index (χ1) is 32.9. The van der Waals surface area contributed by atoms with E-state index in [2.05, 4.69) is 42.2 Å². The minimum Gasteiger partial charge on any atom is -0.508 e. The zero-order chi connectivity index (χ0) is 50.5. The quantitative estimate of drug-likeness (QED) is 0.0330. The van der Waals surface area contributed by atoms with Crippen LogP contribution in [0.4, 0.5) is 0 Å². The molecule has 0 bridgehead atoms. The predicted molar refractivity (Wildman–Crippen MR) is 255 cm³/mol. The third kappa shape index (κ3) is 18.8. The van der Waals surface area contributed by atoms with Crippen molar-refractivity contribution in [3.8, 4) is 5.75 Å². The van der Waals surface area contributed by atoms with Crippen molar-refractivity contribution in [2.45, 2.75) is 87.6 Å². The summed E-state index contributed by atoms with van der Waals surface area (Å²) in [6, 6.07) is 6.89. The van der Waals surface area contributed by atoms with Crippen LogP contribution in [-0.4, -0.2) is 149 Å². The molecule has 26 heteroatoms. The molecule has 10 amide bonds. The number of hydrogen-bond acceptors (Lipinski definition) is 14. The number of aromatic hydroxyl groups is 1. The number of aliphatic imine (C=N–C) groups is 1. The molecule has 69 heavy (non-hydrogen) atoms. The second-order valence-electron chi connectivity index (χ2n) is 16.1. The molecule has 0 aromatic heterocycles. The van der Waals surface area contributed by atoms with Crippen LogP contribution in [0.25, 0.3) is 0 Å². The van der Waals surface area contributed by atoms with Gasteiger partial charge in [-0.2, -0.15) is 0 Å². The maximum atomic E-state index is 14.4. The number of amides is 10. The van der Waals surface area contributed by atoms with Gasteiger partial charge in [0.15, 0.2) is 5.96 Å². The van der Waals surface area contributed by atoms with Gasteiger partial charge in [-0.25, -0.2) is 0 Å². The van der Waals surface area contributed by atoms with Crippen LogP contribution < -0.4 is 60.2 Å². The molecular weight excluding hydrogens is 939 g/mol. The molecule has 2 aliphatic rings. The van der Waals surface area contributed by atoms with Gasteiger partial charge in [-0.15, -0.1) is 0 Å². The predicted octanol–water partition coefficient (Wildman–Crippen LogP) is -3.98. The number of benzene rings is 2. The Labute approximate surface area is 405 Å². The maximum Gasteiger partial charge on any atom is 0.246 e. The van der Waals surface area contributed by atoms with Crippen molar-refractivity contribution in [2.75, 3.05) is 37.7 Å². The van der Waals surface area contributed by atoms with E-state index >= 15 is 0 Å². The minimum absolute atomic E-state index is 0.0148. The van der Waals surface area contributed by atoms with Crippen molar-refractivity contribution in [1.82, 2.24) is 42.1 Å². The molecule has 2 fully saturated rings. The number of guanidine groups is 1. The first-order valence-corrected chi connectivity index (χ1v) is 24.4. The van der Waals surface area contributed by atoms with Crippen molar-refractivity contribution in [3.05, 3.63) is 65.7 Å². The molecule has 2 aliphatic heterocycles. The third-order valence-corrected chi connectivity index (χ3v) is 13.0. The number of carbonyl (C=O) groups is 10. The van der Waals surface area contributed by atoms with E-state index in [9.17, 15) is 53.1 Å². The van der Waals surface area contributed by atoms with Crippen LogP contribution in [-0.2, 0) is 60.8 Å². The van der Waals surface area contributed by atoms with Crippen molar-refractivity contribution < 1.29 is 53.1 Å². The Bertz CT molecular complexity index is 2200. The summed E-state index contributed by atoms with van der Waals surface area (Å²) in [5.41, 5.74) is 22.7. The van der Waals surface area contributed by atoms with Gasteiger partial charge < -0.3 is 70.2 Å². The zero-order valence-corrected chi connectivity index (χ0v) is 39.2. The fourth-order valence-electron chi connectivity index (χ4n) is 7.22. The van der Waals surface area contributed by atoms with E-state index in [4.69, 9.17) is 22.9 Å².